The van der Waals surface area contributed by atoms with Crippen molar-refractivity contribution in [2.24, 2.45) is 5.92 Å². The summed E-state index contributed by atoms with van der Waals surface area (Å²) >= 11 is 0. The zero-order chi connectivity index (χ0) is 14.3. The van der Waals surface area contributed by atoms with Crippen LogP contribution in [0.4, 0.5) is 4.79 Å². The Hall–Kier alpha value is -1.84. The van der Waals surface area contributed by atoms with Gasteiger partial charge in [-0.25, -0.2) is 4.79 Å². The summed E-state index contributed by atoms with van der Waals surface area (Å²) in [4.78, 5) is 23.4. The second-order valence-electron chi connectivity index (χ2n) is 4.58. The van der Waals surface area contributed by atoms with E-state index < -0.39 is 6.09 Å². The van der Waals surface area contributed by atoms with Crippen LogP contribution in [0.15, 0.2) is 30.3 Å². The molecule has 1 N–H and O–H groups in total. The van der Waals surface area contributed by atoms with Crippen LogP contribution in [0.2, 0.25) is 0 Å². The van der Waals surface area contributed by atoms with Gasteiger partial charge in [0.2, 0.25) is 0 Å². The van der Waals surface area contributed by atoms with Gasteiger partial charge in [-0.2, -0.15) is 0 Å². The first kappa shape index (κ1) is 15.2. The van der Waals surface area contributed by atoms with Gasteiger partial charge in [0, 0.05) is 12.3 Å². The van der Waals surface area contributed by atoms with Gasteiger partial charge in [0.25, 0.3) is 0 Å². The summed E-state index contributed by atoms with van der Waals surface area (Å²) in [5.41, 5.74) is 0.907. The predicted octanol–water partition coefficient (Wildman–Crippen LogP) is 3.09. The number of rotatable bonds is 6. The molecule has 4 heteroatoms. The highest BCUT2D eigenvalue weighted by molar-refractivity contribution is 5.82. The van der Waals surface area contributed by atoms with Crippen LogP contribution in [0, 0.1) is 5.92 Å². The van der Waals surface area contributed by atoms with E-state index in [2.05, 4.69) is 10.1 Å². The van der Waals surface area contributed by atoms with Crippen LogP contribution < -0.4 is 5.32 Å². The number of ketones is 1. The molecule has 1 rings (SSSR count). The van der Waals surface area contributed by atoms with Gasteiger partial charge in [-0.1, -0.05) is 44.2 Å². The lowest BCUT2D eigenvalue weighted by molar-refractivity contribution is -0.122. The molecule has 0 aromatic heterocycles. The van der Waals surface area contributed by atoms with E-state index in [1.54, 1.807) is 0 Å². The average molecular weight is 263 g/mol. The Morgan fingerprint density at radius 1 is 1.26 bits per heavy atom. The fraction of sp³-hybridized carbons (Fsp3) is 0.467. The van der Waals surface area contributed by atoms with E-state index in [1.807, 2.05) is 44.2 Å². The first-order valence-electron chi connectivity index (χ1n) is 6.50. The third-order valence-electron chi connectivity index (χ3n) is 3.25. The van der Waals surface area contributed by atoms with Crippen molar-refractivity contribution in [3.8, 4) is 0 Å². The smallest absolute Gasteiger partial charge is 0.407 e. The highest BCUT2D eigenvalue weighted by atomic mass is 16.5. The second-order valence-corrected chi connectivity index (χ2v) is 4.58. The van der Waals surface area contributed by atoms with Crippen molar-refractivity contribution in [2.75, 3.05) is 7.11 Å². The van der Waals surface area contributed by atoms with Gasteiger partial charge in [0.1, 0.15) is 5.78 Å². The van der Waals surface area contributed by atoms with Gasteiger partial charge in [0.05, 0.1) is 13.2 Å². The zero-order valence-corrected chi connectivity index (χ0v) is 11.7. The zero-order valence-electron chi connectivity index (χ0n) is 11.7. The number of methoxy groups -OCH3 is 1. The lowest BCUT2D eigenvalue weighted by Crippen LogP contribution is -2.31. The number of hydrogen-bond acceptors (Lipinski definition) is 3. The molecule has 0 bridgehead atoms. The molecule has 0 aliphatic heterocycles. The summed E-state index contributed by atoms with van der Waals surface area (Å²) in [6.45, 7) is 3.89. The van der Waals surface area contributed by atoms with Gasteiger partial charge in [0.15, 0.2) is 0 Å². The van der Waals surface area contributed by atoms with Gasteiger partial charge in [-0.3, -0.25) is 4.79 Å². The molecular formula is C15H21NO3. The lowest BCUT2D eigenvalue weighted by atomic mass is 9.94. The van der Waals surface area contributed by atoms with Gasteiger partial charge < -0.3 is 10.1 Å². The van der Waals surface area contributed by atoms with Gasteiger partial charge in [-0.05, 0) is 12.0 Å². The van der Waals surface area contributed by atoms with Crippen LogP contribution in [0.5, 0.6) is 0 Å². The molecule has 0 aliphatic rings. The molecule has 1 aromatic rings. The minimum atomic E-state index is -0.522. The highest BCUT2D eigenvalue weighted by Crippen LogP contribution is 2.20. The standard InChI is InChI=1S/C15H21NO3/c1-4-11(2)14(17)10-13(16-15(18)19-3)12-8-6-5-7-9-12/h5-9,11,13H,4,10H2,1-3H3,(H,16,18)/t11?,13-/m0/s1. The molecule has 2 atom stereocenters. The van der Waals surface area contributed by atoms with Crippen LogP contribution in [-0.2, 0) is 9.53 Å². The molecule has 0 saturated carbocycles. The number of amides is 1. The third-order valence-corrected chi connectivity index (χ3v) is 3.25. The molecule has 0 fully saturated rings. The van der Waals surface area contributed by atoms with Crippen molar-refractivity contribution in [1.29, 1.82) is 0 Å². The van der Waals surface area contributed by atoms with Crippen LogP contribution >= 0.6 is 0 Å². The maximum absolute atomic E-state index is 12.0. The topological polar surface area (TPSA) is 55.4 Å². The SMILES string of the molecule is CCC(C)C(=O)C[C@H](NC(=O)OC)c1ccccc1. The van der Waals surface area contributed by atoms with Crippen LogP contribution in [0.25, 0.3) is 0 Å². The van der Waals surface area contributed by atoms with Crippen molar-refractivity contribution >= 4 is 11.9 Å². The van der Waals surface area contributed by atoms with E-state index in [0.29, 0.717) is 0 Å². The van der Waals surface area contributed by atoms with Crippen molar-refractivity contribution in [3.05, 3.63) is 35.9 Å². The maximum Gasteiger partial charge on any atom is 0.407 e. The Morgan fingerprint density at radius 3 is 2.42 bits per heavy atom. The quantitative estimate of drug-likeness (QED) is 0.858. The summed E-state index contributed by atoms with van der Waals surface area (Å²) in [7, 11) is 1.31. The lowest BCUT2D eigenvalue weighted by Gasteiger charge is -2.19. The summed E-state index contributed by atoms with van der Waals surface area (Å²) in [5.74, 6) is 0.151. The first-order chi connectivity index (χ1) is 9.08. The van der Waals surface area contributed by atoms with E-state index in [-0.39, 0.29) is 24.2 Å². The summed E-state index contributed by atoms with van der Waals surface area (Å²) in [6.07, 6.45) is 0.568. The Bertz CT molecular complexity index is 417. The average Bonchev–Trinajstić information content (AvgIpc) is 2.46. The molecule has 0 spiro atoms. The summed E-state index contributed by atoms with van der Waals surface area (Å²) < 4.78 is 4.61. The molecule has 1 aromatic carbocycles. The maximum atomic E-state index is 12.0. The predicted molar refractivity (Wildman–Crippen MR) is 73.8 cm³/mol. The molecule has 4 nitrogen and oxygen atoms in total. The third kappa shape index (κ3) is 4.73. The molecule has 1 unspecified atom stereocenters. The molecule has 1 amide bonds. The van der Waals surface area contributed by atoms with Gasteiger partial charge in [-0.15, -0.1) is 0 Å². The number of carbonyl (C=O) groups excluding carboxylic acids is 2. The van der Waals surface area contributed by atoms with Crippen molar-refractivity contribution in [1.82, 2.24) is 5.32 Å². The van der Waals surface area contributed by atoms with Crippen LogP contribution in [-0.4, -0.2) is 19.0 Å². The number of carbonyl (C=O) groups is 2. The molecule has 19 heavy (non-hydrogen) atoms. The Labute approximate surface area is 114 Å². The fourth-order valence-corrected chi connectivity index (χ4v) is 1.77. The monoisotopic (exact) mass is 263 g/mol. The minimum Gasteiger partial charge on any atom is -0.453 e. The van der Waals surface area contributed by atoms with E-state index in [1.165, 1.54) is 7.11 Å². The van der Waals surface area contributed by atoms with Crippen LogP contribution in [0.1, 0.15) is 38.3 Å². The van der Waals surface area contributed by atoms with E-state index in [0.717, 1.165) is 12.0 Å². The fourth-order valence-electron chi connectivity index (χ4n) is 1.77. The number of Topliss-reactive ketones (excluding diaryl/α,β-unsaturated/α-hetero) is 1. The Balaban J connectivity index is 2.81. The Kier molecular flexibility index (Phi) is 6.06. The van der Waals surface area contributed by atoms with E-state index in [4.69, 9.17) is 0 Å². The summed E-state index contributed by atoms with van der Waals surface area (Å²) in [6, 6.07) is 9.11. The molecule has 0 aliphatic carbocycles. The van der Waals surface area contributed by atoms with Crippen molar-refractivity contribution in [2.45, 2.75) is 32.7 Å². The minimum absolute atomic E-state index is 0.00524. The molecule has 0 radical (unpaired) electrons. The highest BCUT2D eigenvalue weighted by Gasteiger charge is 2.21. The van der Waals surface area contributed by atoms with E-state index in [9.17, 15) is 9.59 Å². The number of nitrogens with one attached hydrogen (secondary N) is 1. The number of ether oxygens (including phenoxy) is 1. The number of alkyl carbamates (subject to hydrolysis) is 1. The van der Waals surface area contributed by atoms with Crippen molar-refractivity contribution < 1.29 is 14.3 Å². The Morgan fingerprint density at radius 2 is 1.89 bits per heavy atom. The van der Waals surface area contributed by atoms with Crippen molar-refractivity contribution in [3.63, 3.8) is 0 Å². The molecule has 104 valence electrons. The van der Waals surface area contributed by atoms with Crippen LogP contribution in [0.3, 0.4) is 0 Å². The number of hydrogen-bond donors (Lipinski definition) is 1. The summed E-state index contributed by atoms with van der Waals surface area (Å²) in [5, 5.41) is 2.71. The molecule has 0 heterocycles. The van der Waals surface area contributed by atoms with E-state index >= 15 is 0 Å². The van der Waals surface area contributed by atoms with Gasteiger partial charge >= 0.3 is 6.09 Å². The normalized spacial score (nSPS) is 13.4. The molecule has 0 saturated heterocycles. The first-order valence-corrected chi connectivity index (χ1v) is 6.50. The largest absolute Gasteiger partial charge is 0.453 e. The number of benzene rings is 1. The molecular weight excluding hydrogens is 242 g/mol. The second kappa shape index (κ2) is 7.56.